The smallest absolute Gasteiger partial charge is 0.291 e. The van der Waals surface area contributed by atoms with E-state index < -0.39 is 0 Å². The number of anilines is 2. The summed E-state index contributed by atoms with van der Waals surface area (Å²) in [6.45, 7) is 0.705. The first-order valence-corrected chi connectivity index (χ1v) is 9.17. The van der Waals surface area contributed by atoms with Crippen LogP contribution >= 0.6 is 12.2 Å². The molecule has 1 aromatic heterocycles. The summed E-state index contributed by atoms with van der Waals surface area (Å²) >= 11 is 5.33. The fraction of sp³-hybridized carbons (Fsp3) is 0.143. The average molecular weight is 395 g/mol. The van der Waals surface area contributed by atoms with E-state index in [1.54, 1.807) is 31.4 Å². The summed E-state index contributed by atoms with van der Waals surface area (Å²) in [5.41, 5.74) is 2.67. The normalized spacial score (nSPS) is 10.2. The third-order valence-electron chi connectivity index (χ3n) is 3.98. The lowest BCUT2D eigenvalue weighted by Crippen LogP contribution is -2.30. The van der Waals surface area contributed by atoms with E-state index in [0.29, 0.717) is 17.3 Å². The van der Waals surface area contributed by atoms with Crippen molar-refractivity contribution in [2.75, 3.05) is 24.3 Å². The number of amides is 1. The summed E-state index contributed by atoms with van der Waals surface area (Å²) in [6.07, 6.45) is 2.29. The standard InChI is InChI=1S/C21H21N3O3S/c1-26-18-5-2-4-15(14-18)11-12-22-21(28)24-17-9-7-16(8-10-17)23-20(25)19-6-3-13-27-19/h2-10,13-14H,11-12H2,1H3,(H,23,25)(H2,22,24,28). The Balaban J connectivity index is 1.44. The predicted octanol–water partition coefficient (Wildman–Crippen LogP) is 4.07. The van der Waals surface area contributed by atoms with E-state index in [9.17, 15) is 4.79 Å². The molecule has 0 saturated heterocycles. The number of carbonyl (C=O) groups excluding carboxylic acids is 1. The van der Waals surface area contributed by atoms with Crippen molar-refractivity contribution in [1.29, 1.82) is 0 Å². The molecule has 1 amide bonds. The maximum Gasteiger partial charge on any atom is 0.291 e. The van der Waals surface area contributed by atoms with Crippen LogP contribution in [-0.2, 0) is 6.42 Å². The molecule has 3 rings (SSSR count). The highest BCUT2D eigenvalue weighted by molar-refractivity contribution is 7.80. The van der Waals surface area contributed by atoms with Gasteiger partial charge in [0.25, 0.3) is 5.91 Å². The molecule has 0 aliphatic carbocycles. The van der Waals surface area contributed by atoms with E-state index in [0.717, 1.165) is 17.9 Å². The largest absolute Gasteiger partial charge is 0.497 e. The molecule has 1 heterocycles. The number of nitrogens with one attached hydrogen (secondary N) is 3. The molecular weight excluding hydrogens is 374 g/mol. The molecule has 3 aromatic rings. The third-order valence-corrected chi connectivity index (χ3v) is 4.23. The van der Waals surface area contributed by atoms with Crippen molar-refractivity contribution in [3.8, 4) is 5.75 Å². The number of thiocarbonyl (C=S) groups is 1. The zero-order valence-electron chi connectivity index (χ0n) is 15.4. The van der Waals surface area contributed by atoms with Crippen LogP contribution in [0, 0.1) is 0 Å². The molecule has 0 aliphatic heterocycles. The Morgan fingerprint density at radius 1 is 1.04 bits per heavy atom. The number of hydrogen-bond donors (Lipinski definition) is 3. The van der Waals surface area contributed by atoms with Crippen LogP contribution in [0.5, 0.6) is 5.75 Å². The van der Waals surface area contributed by atoms with Crippen molar-refractivity contribution in [2.24, 2.45) is 0 Å². The summed E-state index contributed by atoms with van der Waals surface area (Å²) in [4.78, 5) is 12.0. The van der Waals surface area contributed by atoms with Crippen molar-refractivity contribution in [1.82, 2.24) is 5.32 Å². The molecule has 28 heavy (non-hydrogen) atoms. The van der Waals surface area contributed by atoms with Crippen LogP contribution in [0.2, 0.25) is 0 Å². The molecule has 7 heteroatoms. The van der Waals surface area contributed by atoms with Crippen LogP contribution in [0.25, 0.3) is 0 Å². The Hall–Kier alpha value is -3.32. The summed E-state index contributed by atoms with van der Waals surface area (Å²) < 4.78 is 10.3. The first-order valence-electron chi connectivity index (χ1n) is 8.77. The van der Waals surface area contributed by atoms with Crippen LogP contribution < -0.4 is 20.7 Å². The third kappa shape index (κ3) is 5.59. The zero-order chi connectivity index (χ0) is 19.8. The minimum absolute atomic E-state index is 0.267. The molecule has 6 nitrogen and oxygen atoms in total. The maximum absolute atomic E-state index is 12.0. The van der Waals surface area contributed by atoms with Gasteiger partial charge in [0.2, 0.25) is 0 Å². The van der Waals surface area contributed by atoms with Crippen molar-refractivity contribution in [2.45, 2.75) is 6.42 Å². The van der Waals surface area contributed by atoms with Crippen LogP contribution in [0.4, 0.5) is 11.4 Å². The van der Waals surface area contributed by atoms with Gasteiger partial charge in [-0.25, -0.2) is 0 Å². The second-order valence-electron chi connectivity index (χ2n) is 5.99. The van der Waals surface area contributed by atoms with Crippen LogP contribution in [0.15, 0.2) is 71.3 Å². The molecule has 0 saturated carbocycles. The van der Waals surface area contributed by atoms with Gasteiger partial charge in [0, 0.05) is 17.9 Å². The van der Waals surface area contributed by atoms with Gasteiger partial charge in [-0.05, 0) is 72.7 Å². The summed E-state index contributed by atoms with van der Waals surface area (Å²) in [6, 6.07) is 18.5. The van der Waals surface area contributed by atoms with Gasteiger partial charge in [-0.2, -0.15) is 0 Å². The van der Waals surface area contributed by atoms with Gasteiger partial charge in [0.1, 0.15) is 5.75 Å². The van der Waals surface area contributed by atoms with Crippen LogP contribution in [0.3, 0.4) is 0 Å². The number of ether oxygens (including phenoxy) is 1. The first-order chi connectivity index (χ1) is 13.6. The van der Waals surface area contributed by atoms with Gasteiger partial charge in [0.05, 0.1) is 13.4 Å². The monoisotopic (exact) mass is 395 g/mol. The maximum atomic E-state index is 12.0. The zero-order valence-corrected chi connectivity index (χ0v) is 16.2. The number of benzene rings is 2. The first kappa shape index (κ1) is 19.4. The lowest BCUT2D eigenvalue weighted by atomic mass is 10.1. The van der Waals surface area contributed by atoms with Gasteiger partial charge in [-0.1, -0.05) is 12.1 Å². The van der Waals surface area contributed by atoms with E-state index >= 15 is 0 Å². The number of rotatable bonds is 7. The van der Waals surface area contributed by atoms with Crippen LogP contribution in [-0.4, -0.2) is 24.7 Å². The second kappa shape index (κ2) is 9.57. The molecule has 0 atom stereocenters. The highest BCUT2D eigenvalue weighted by atomic mass is 32.1. The molecule has 3 N–H and O–H groups in total. The highest BCUT2D eigenvalue weighted by Gasteiger charge is 2.08. The molecule has 0 fully saturated rings. The quantitative estimate of drug-likeness (QED) is 0.524. The van der Waals surface area contributed by atoms with Crippen molar-refractivity contribution in [3.05, 3.63) is 78.3 Å². The summed E-state index contributed by atoms with van der Waals surface area (Å²) in [7, 11) is 1.66. The molecule has 144 valence electrons. The van der Waals surface area contributed by atoms with Gasteiger partial charge in [-0.3, -0.25) is 4.79 Å². The van der Waals surface area contributed by atoms with Crippen molar-refractivity contribution >= 4 is 34.6 Å². The SMILES string of the molecule is COc1cccc(CCNC(=S)Nc2ccc(NC(=O)c3ccco3)cc2)c1. The fourth-order valence-corrected chi connectivity index (χ4v) is 2.78. The van der Waals surface area contributed by atoms with Gasteiger partial charge < -0.3 is 25.1 Å². The lowest BCUT2D eigenvalue weighted by molar-refractivity contribution is 0.0996. The molecule has 0 bridgehead atoms. The Labute approximate surface area is 168 Å². The molecule has 0 radical (unpaired) electrons. The van der Waals surface area contributed by atoms with E-state index in [-0.39, 0.29) is 11.7 Å². The Kier molecular flexibility index (Phi) is 6.64. The van der Waals surface area contributed by atoms with Crippen molar-refractivity contribution < 1.29 is 13.9 Å². The average Bonchev–Trinajstić information content (AvgIpc) is 3.25. The van der Waals surface area contributed by atoms with Gasteiger partial charge >= 0.3 is 0 Å². The van der Waals surface area contributed by atoms with E-state index in [4.69, 9.17) is 21.4 Å². The fourth-order valence-electron chi connectivity index (χ4n) is 2.56. The Bertz CT molecular complexity index is 924. The number of hydrogen-bond acceptors (Lipinski definition) is 4. The van der Waals surface area contributed by atoms with Crippen molar-refractivity contribution in [3.63, 3.8) is 0 Å². The predicted molar refractivity (Wildman–Crippen MR) is 114 cm³/mol. The molecule has 0 unspecified atom stereocenters. The highest BCUT2D eigenvalue weighted by Crippen LogP contribution is 2.15. The Morgan fingerprint density at radius 3 is 2.46 bits per heavy atom. The minimum atomic E-state index is -0.291. The van der Waals surface area contributed by atoms with E-state index in [2.05, 4.69) is 22.0 Å². The summed E-state index contributed by atoms with van der Waals surface area (Å²) in [5.74, 6) is 0.821. The Morgan fingerprint density at radius 2 is 1.79 bits per heavy atom. The molecule has 0 aliphatic rings. The number of carbonyl (C=O) groups is 1. The molecular formula is C21H21N3O3S. The van der Waals surface area contributed by atoms with E-state index in [1.165, 1.54) is 11.8 Å². The molecule has 2 aromatic carbocycles. The van der Waals surface area contributed by atoms with Gasteiger partial charge in [0.15, 0.2) is 10.9 Å². The molecule has 0 spiro atoms. The topological polar surface area (TPSA) is 75.5 Å². The number of methoxy groups -OCH3 is 1. The van der Waals surface area contributed by atoms with Crippen LogP contribution in [0.1, 0.15) is 16.1 Å². The minimum Gasteiger partial charge on any atom is -0.497 e. The van der Waals surface area contributed by atoms with Gasteiger partial charge in [-0.15, -0.1) is 0 Å². The second-order valence-corrected chi connectivity index (χ2v) is 6.40. The summed E-state index contributed by atoms with van der Waals surface area (Å²) in [5, 5.41) is 9.61. The number of furan rings is 1. The lowest BCUT2D eigenvalue weighted by Gasteiger charge is -2.11. The van der Waals surface area contributed by atoms with E-state index in [1.807, 2.05) is 30.3 Å².